The lowest BCUT2D eigenvalue weighted by atomic mass is 10.7. The molecule has 0 fully saturated rings. The average molecular weight is 200 g/mol. The highest BCUT2D eigenvalue weighted by molar-refractivity contribution is 7.79. The predicted octanol–water partition coefficient (Wildman–Crippen LogP) is -1.05. The van der Waals surface area contributed by atoms with E-state index in [1.807, 2.05) is 0 Å². The van der Waals surface area contributed by atoms with Gasteiger partial charge in [-0.3, -0.25) is 19.3 Å². The molecule has 7 nitrogen and oxygen atoms in total. The molecule has 0 aromatic carbocycles. The van der Waals surface area contributed by atoms with Crippen LogP contribution >= 0.6 is 0 Å². The van der Waals surface area contributed by atoms with E-state index in [4.69, 9.17) is 17.5 Å². The van der Waals surface area contributed by atoms with Crippen molar-refractivity contribution in [3.05, 3.63) is 0 Å². The Balaban J connectivity index is 0. The van der Waals surface area contributed by atoms with Gasteiger partial charge in [0, 0.05) is 21.0 Å². The minimum atomic E-state index is -4.67. The van der Waals surface area contributed by atoms with Gasteiger partial charge in [0.25, 0.3) is 0 Å². The lowest BCUT2D eigenvalue weighted by Gasteiger charge is -2.07. The van der Waals surface area contributed by atoms with E-state index in [1.54, 1.807) is 19.1 Å². The molecule has 0 atom stereocenters. The van der Waals surface area contributed by atoms with Crippen molar-refractivity contribution in [3.63, 3.8) is 0 Å². The quantitative estimate of drug-likeness (QED) is 0.368. The molecule has 12 heavy (non-hydrogen) atoms. The van der Waals surface area contributed by atoms with E-state index in [9.17, 15) is 4.79 Å². The maximum absolute atomic E-state index is 10.1. The predicted molar refractivity (Wildman–Crippen MR) is 41.7 cm³/mol. The number of hydrazine groups is 1. The first-order valence-corrected chi connectivity index (χ1v) is 4.17. The Labute approximate surface area is 70.9 Å². The van der Waals surface area contributed by atoms with Gasteiger partial charge in [-0.25, -0.2) is 5.01 Å². The third-order valence-corrected chi connectivity index (χ3v) is 0.381. The van der Waals surface area contributed by atoms with Gasteiger partial charge >= 0.3 is 10.4 Å². The standard InChI is InChI=1S/C4H10N2O.H2O4S/c1-4(7)5-6(2)3;1-5(2,3)4/h1-3H3,(H,5,7);(H2,1,2,3,4). The van der Waals surface area contributed by atoms with Gasteiger partial charge < -0.3 is 0 Å². The van der Waals surface area contributed by atoms with Gasteiger partial charge in [-0.2, -0.15) is 8.42 Å². The number of amides is 1. The molecule has 0 unspecified atom stereocenters. The van der Waals surface area contributed by atoms with Crippen LogP contribution in [0.15, 0.2) is 0 Å². The van der Waals surface area contributed by atoms with E-state index in [0.717, 1.165) is 0 Å². The molecule has 0 rings (SSSR count). The van der Waals surface area contributed by atoms with Gasteiger partial charge in [0.05, 0.1) is 0 Å². The zero-order chi connectivity index (χ0) is 10.4. The summed E-state index contributed by atoms with van der Waals surface area (Å²) in [6.45, 7) is 1.47. The van der Waals surface area contributed by atoms with Crippen LogP contribution in [0.1, 0.15) is 6.92 Å². The van der Waals surface area contributed by atoms with Crippen molar-refractivity contribution in [1.82, 2.24) is 10.4 Å². The highest BCUT2D eigenvalue weighted by atomic mass is 32.3. The van der Waals surface area contributed by atoms with Crippen molar-refractivity contribution < 1.29 is 22.3 Å². The smallest absolute Gasteiger partial charge is 0.290 e. The van der Waals surface area contributed by atoms with Gasteiger partial charge in [-0.05, 0) is 0 Å². The minimum Gasteiger partial charge on any atom is -0.290 e. The largest absolute Gasteiger partial charge is 0.394 e. The van der Waals surface area contributed by atoms with Gasteiger partial charge in [-0.1, -0.05) is 0 Å². The summed E-state index contributed by atoms with van der Waals surface area (Å²) in [5.74, 6) is -0.0370. The summed E-state index contributed by atoms with van der Waals surface area (Å²) in [5.41, 5.74) is 2.50. The van der Waals surface area contributed by atoms with Crippen LogP contribution in [0.25, 0.3) is 0 Å². The van der Waals surface area contributed by atoms with Crippen molar-refractivity contribution in [2.45, 2.75) is 6.92 Å². The topological polar surface area (TPSA) is 107 Å². The molecule has 74 valence electrons. The van der Waals surface area contributed by atoms with Crippen LogP contribution in [-0.2, 0) is 15.2 Å². The molecule has 0 aromatic heterocycles. The molecule has 0 saturated heterocycles. The molecule has 0 saturated carbocycles. The van der Waals surface area contributed by atoms with Crippen molar-refractivity contribution in [2.75, 3.05) is 14.1 Å². The molecule has 0 spiro atoms. The Morgan fingerprint density at radius 1 is 1.33 bits per heavy atom. The van der Waals surface area contributed by atoms with E-state index >= 15 is 0 Å². The number of carbonyl (C=O) groups excluding carboxylic acids is 1. The number of hydrogen-bond acceptors (Lipinski definition) is 4. The molecule has 3 N–H and O–H groups in total. The number of nitrogens with one attached hydrogen (secondary N) is 1. The fraction of sp³-hybridized carbons (Fsp3) is 0.750. The number of carbonyl (C=O) groups is 1. The second kappa shape index (κ2) is 5.89. The van der Waals surface area contributed by atoms with Gasteiger partial charge in [0.15, 0.2) is 0 Å². The summed E-state index contributed by atoms with van der Waals surface area (Å²) < 4.78 is 31.6. The van der Waals surface area contributed by atoms with Crippen LogP contribution in [0.2, 0.25) is 0 Å². The van der Waals surface area contributed by atoms with Crippen molar-refractivity contribution in [1.29, 1.82) is 0 Å². The molecule has 0 aliphatic heterocycles. The van der Waals surface area contributed by atoms with Gasteiger partial charge in [0.2, 0.25) is 5.91 Å². The van der Waals surface area contributed by atoms with Crippen LogP contribution in [0.5, 0.6) is 0 Å². The monoisotopic (exact) mass is 200 g/mol. The van der Waals surface area contributed by atoms with Gasteiger partial charge in [0.1, 0.15) is 0 Å². The number of hydrogen-bond donors (Lipinski definition) is 3. The summed E-state index contributed by atoms with van der Waals surface area (Å²) in [5, 5.41) is 1.60. The summed E-state index contributed by atoms with van der Waals surface area (Å²) in [6, 6.07) is 0. The second-order valence-corrected chi connectivity index (χ2v) is 2.91. The Bertz CT molecular complexity index is 214. The molecule has 0 aromatic rings. The highest BCUT2D eigenvalue weighted by Crippen LogP contribution is 1.61. The van der Waals surface area contributed by atoms with Crippen molar-refractivity contribution >= 4 is 16.3 Å². The Morgan fingerprint density at radius 3 is 1.58 bits per heavy atom. The third-order valence-electron chi connectivity index (χ3n) is 0.381. The lowest BCUT2D eigenvalue weighted by Crippen LogP contribution is -2.34. The van der Waals surface area contributed by atoms with Crippen LogP contribution in [0, 0.1) is 0 Å². The molecule has 1 amide bonds. The average Bonchev–Trinajstić information content (AvgIpc) is 1.52. The number of rotatable bonds is 1. The van der Waals surface area contributed by atoms with E-state index in [2.05, 4.69) is 5.43 Å². The molecular formula is C4H12N2O5S. The van der Waals surface area contributed by atoms with E-state index in [0.29, 0.717) is 0 Å². The molecule has 8 heteroatoms. The van der Waals surface area contributed by atoms with Crippen LogP contribution in [0.4, 0.5) is 0 Å². The maximum Gasteiger partial charge on any atom is 0.394 e. The lowest BCUT2D eigenvalue weighted by molar-refractivity contribution is -0.122. The second-order valence-electron chi connectivity index (χ2n) is 2.01. The number of nitrogens with zero attached hydrogens (tertiary/aromatic N) is 1. The normalized spacial score (nSPS) is 10.2. The van der Waals surface area contributed by atoms with E-state index in [-0.39, 0.29) is 5.91 Å². The van der Waals surface area contributed by atoms with Crippen molar-refractivity contribution in [2.24, 2.45) is 0 Å². The zero-order valence-electron chi connectivity index (χ0n) is 6.97. The molecule has 0 radical (unpaired) electrons. The Morgan fingerprint density at radius 2 is 1.58 bits per heavy atom. The third kappa shape index (κ3) is 58.8. The van der Waals surface area contributed by atoms with Crippen LogP contribution in [0.3, 0.4) is 0 Å². The Kier molecular flexibility index (Phi) is 6.80. The Hall–Kier alpha value is -0.700. The molecular weight excluding hydrogens is 188 g/mol. The van der Waals surface area contributed by atoms with E-state index in [1.165, 1.54) is 6.92 Å². The van der Waals surface area contributed by atoms with Gasteiger partial charge in [-0.15, -0.1) is 0 Å². The summed E-state index contributed by atoms with van der Waals surface area (Å²) in [7, 11) is -1.14. The highest BCUT2D eigenvalue weighted by Gasteiger charge is 1.87. The van der Waals surface area contributed by atoms with Crippen molar-refractivity contribution in [3.8, 4) is 0 Å². The zero-order valence-corrected chi connectivity index (χ0v) is 7.79. The molecule has 0 aliphatic rings. The fourth-order valence-electron chi connectivity index (χ4n) is 0.315. The molecule has 0 heterocycles. The first-order valence-electron chi connectivity index (χ1n) is 2.77. The molecule has 0 aliphatic carbocycles. The van der Waals surface area contributed by atoms with Crippen LogP contribution in [-0.4, -0.2) is 42.5 Å². The summed E-state index contributed by atoms with van der Waals surface area (Å²) in [6.07, 6.45) is 0. The summed E-state index contributed by atoms with van der Waals surface area (Å²) in [4.78, 5) is 10.1. The first-order chi connectivity index (χ1) is 5.13. The SMILES string of the molecule is CC(=O)NN(C)C.O=S(=O)(O)O. The fourth-order valence-corrected chi connectivity index (χ4v) is 0.315. The van der Waals surface area contributed by atoms with Crippen LogP contribution < -0.4 is 5.43 Å². The molecule has 0 bridgehead atoms. The summed E-state index contributed by atoms with van der Waals surface area (Å²) >= 11 is 0. The van der Waals surface area contributed by atoms with E-state index < -0.39 is 10.4 Å². The first kappa shape index (κ1) is 13.9. The maximum atomic E-state index is 10.1. The minimum absolute atomic E-state index is 0.0370.